The first-order valence-corrected chi connectivity index (χ1v) is 11.6. The van der Waals surface area contributed by atoms with Crippen molar-refractivity contribution in [2.75, 3.05) is 39.3 Å². The van der Waals surface area contributed by atoms with Crippen LogP contribution in [-0.2, 0) is 6.42 Å². The van der Waals surface area contributed by atoms with Crippen molar-refractivity contribution in [2.24, 2.45) is 5.10 Å². The molecule has 3 heterocycles. The lowest BCUT2D eigenvalue weighted by Gasteiger charge is -2.30. The topological polar surface area (TPSA) is 78.4 Å². The zero-order valence-electron chi connectivity index (χ0n) is 19.9. The molecule has 180 valence electrons. The van der Waals surface area contributed by atoms with Gasteiger partial charge in [0.05, 0.1) is 31.7 Å². The summed E-state index contributed by atoms with van der Waals surface area (Å²) < 4.78 is 26.1. The van der Waals surface area contributed by atoms with E-state index in [1.54, 1.807) is 27.3 Å². The monoisotopic (exact) mass is 467 g/mol. The van der Waals surface area contributed by atoms with E-state index in [0.717, 1.165) is 36.2 Å². The van der Waals surface area contributed by atoms with Gasteiger partial charge in [-0.2, -0.15) is 5.10 Å². The van der Waals surface area contributed by atoms with E-state index in [1.165, 1.54) is 11.1 Å². The number of nitrogens with one attached hydrogen (secondary N) is 2. The summed E-state index contributed by atoms with van der Waals surface area (Å²) in [5.74, 6) is 0.927. The smallest absolute Gasteiger partial charge is 0.337 e. The molecule has 2 bridgehead atoms. The number of halogens is 1. The van der Waals surface area contributed by atoms with Gasteiger partial charge in [0.1, 0.15) is 5.82 Å². The second-order valence-corrected chi connectivity index (χ2v) is 9.08. The van der Waals surface area contributed by atoms with Crippen molar-refractivity contribution in [1.29, 1.82) is 0 Å². The predicted octanol–water partition coefficient (Wildman–Crippen LogP) is 2.73. The highest BCUT2D eigenvalue weighted by molar-refractivity contribution is 6.15. The van der Waals surface area contributed by atoms with E-state index in [0.29, 0.717) is 35.4 Å². The normalized spacial score (nSPS) is 23.3. The third-order valence-corrected chi connectivity index (χ3v) is 7.01. The molecular formula is C25H30FN5O3. The van der Waals surface area contributed by atoms with Gasteiger partial charge >= 0.3 is 6.03 Å². The van der Waals surface area contributed by atoms with Crippen LogP contribution in [0.25, 0.3) is 0 Å². The molecule has 3 aliphatic heterocycles. The van der Waals surface area contributed by atoms with Gasteiger partial charge in [-0.3, -0.25) is 0 Å². The van der Waals surface area contributed by atoms with Crippen LogP contribution < -0.4 is 25.0 Å². The van der Waals surface area contributed by atoms with E-state index in [1.807, 2.05) is 25.1 Å². The molecule has 9 heteroatoms. The van der Waals surface area contributed by atoms with Gasteiger partial charge in [0.25, 0.3) is 0 Å². The van der Waals surface area contributed by atoms with E-state index in [4.69, 9.17) is 14.6 Å². The number of carbonyl (C=O) groups is 1. The van der Waals surface area contributed by atoms with Gasteiger partial charge in [-0.1, -0.05) is 0 Å². The molecular weight excluding hydrogens is 437 g/mol. The lowest BCUT2D eigenvalue weighted by atomic mass is 9.93. The molecule has 2 aromatic rings. The third kappa shape index (κ3) is 3.73. The molecule has 8 nitrogen and oxygen atoms in total. The van der Waals surface area contributed by atoms with Crippen molar-refractivity contribution in [3.63, 3.8) is 0 Å². The number of ether oxygens (including phenoxy) is 2. The first-order chi connectivity index (χ1) is 16.4. The number of nitrogens with zero attached hydrogens (tertiary/aromatic N) is 3. The zero-order valence-corrected chi connectivity index (χ0v) is 19.9. The van der Waals surface area contributed by atoms with E-state index in [2.05, 4.69) is 15.5 Å². The minimum Gasteiger partial charge on any atom is -0.493 e. The number of benzene rings is 2. The molecule has 0 radical (unpaired) electrons. The molecule has 2 amide bonds. The molecule has 3 aliphatic rings. The standard InChI is InChI=1S/C25H30FN5O3/c1-14-7-16-9-22(33-3)23(34-4)11-19(16)24(29-31(14)25(32)27-2)15-5-6-20(26)21(8-15)30-13-17-10-18(30)12-28-17/h5-6,8-9,11,14,17-18,28H,7,10,12-13H2,1-4H3,(H,27,32). The molecule has 3 unspecified atom stereocenters. The Labute approximate surface area is 198 Å². The summed E-state index contributed by atoms with van der Waals surface area (Å²) in [5.41, 5.74) is 3.71. The Balaban J connectivity index is 1.66. The largest absolute Gasteiger partial charge is 0.493 e. The maximum atomic E-state index is 15.0. The maximum Gasteiger partial charge on any atom is 0.337 e. The van der Waals surface area contributed by atoms with E-state index in [-0.39, 0.29) is 23.9 Å². The summed E-state index contributed by atoms with van der Waals surface area (Å²) in [6.07, 6.45) is 1.60. The molecule has 34 heavy (non-hydrogen) atoms. The highest BCUT2D eigenvalue weighted by atomic mass is 19.1. The summed E-state index contributed by atoms with van der Waals surface area (Å²) in [6, 6.07) is 9.06. The van der Waals surface area contributed by atoms with Gasteiger partial charge in [-0.05, 0) is 55.7 Å². The van der Waals surface area contributed by atoms with E-state index < -0.39 is 0 Å². The quantitative estimate of drug-likeness (QED) is 0.723. The summed E-state index contributed by atoms with van der Waals surface area (Å²) in [5, 5.41) is 12.4. The van der Waals surface area contributed by atoms with Gasteiger partial charge < -0.3 is 25.0 Å². The predicted molar refractivity (Wildman–Crippen MR) is 129 cm³/mol. The van der Waals surface area contributed by atoms with Gasteiger partial charge in [-0.15, -0.1) is 0 Å². The Kier molecular flexibility index (Phi) is 5.81. The van der Waals surface area contributed by atoms with Crippen LogP contribution >= 0.6 is 0 Å². The van der Waals surface area contributed by atoms with Gasteiger partial charge in [0.2, 0.25) is 0 Å². The van der Waals surface area contributed by atoms with Crippen molar-refractivity contribution in [3.05, 3.63) is 52.8 Å². The molecule has 5 rings (SSSR count). The maximum absolute atomic E-state index is 15.0. The Bertz CT molecular complexity index is 1150. The lowest BCUT2D eigenvalue weighted by Crippen LogP contribution is -2.44. The number of amides is 2. The lowest BCUT2D eigenvalue weighted by molar-refractivity contribution is 0.184. The number of methoxy groups -OCH3 is 2. The molecule has 2 aromatic carbocycles. The number of carbonyl (C=O) groups excluding carboxylic acids is 1. The Morgan fingerprint density at radius 2 is 1.97 bits per heavy atom. The molecule has 0 spiro atoms. The van der Waals surface area contributed by atoms with Crippen LogP contribution in [0.1, 0.15) is 30.0 Å². The molecule has 0 saturated carbocycles. The first-order valence-electron chi connectivity index (χ1n) is 11.6. The van der Waals surface area contributed by atoms with Gasteiger partial charge in [0.15, 0.2) is 11.5 Å². The van der Waals surface area contributed by atoms with Crippen LogP contribution in [0.5, 0.6) is 11.5 Å². The number of rotatable bonds is 4. The fourth-order valence-electron chi connectivity index (χ4n) is 5.28. The van der Waals surface area contributed by atoms with Crippen molar-refractivity contribution in [1.82, 2.24) is 15.6 Å². The molecule has 3 atom stereocenters. The summed E-state index contributed by atoms with van der Waals surface area (Å²) >= 11 is 0. The number of anilines is 1. The van der Waals surface area contributed by atoms with Gasteiger partial charge in [-0.25, -0.2) is 14.2 Å². The summed E-state index contributed by atoms with van der Waals surface area (Å²) in [6.45, 7) is 3.59. The highest BCUT2D eigenvalue weighted by Crippen LogP contribution is 2.36. The number of urea groups is 1. The van der Waals surface area contributed by atoms with Crippen molar-refractivity contribution in [3.8, 4) is 11.5 Å². The average Bonchev–Trinajstić information content (AvgIpc) is 3.45. The zero-order chi connectivity index (χ0) is 24.0. The first kappa shape index (κ1) is 22.5. The Morgan fingerprint density at radius 3 is 2.62 bits per heavy atom. The fraction of sp³-hybridized carbons (Fsp3) is 0.440. The summed E-state index contributed by atoms with van der Waals surface area (Å²) in [4.78, 5) is 14.8. The van der Waals surface area contributed by atoms with E-state index in [9.17, 15) is 4.79 Å². The number of hydrogen-bond acceptors (Lipinski definition) is 6. The van der Waals surface area contributed by atoms with Crippen LogP contribution in [0.3, 0.4) is 0 Å². The molecule has 2 N–H and O–H groups in total. The van der Waals surface area contributed by atoms with Crippen molar-refractivity contribution < 1.29 is 18.7 Å². The molecule has 0 aromatic heterocycles. The molecule has 2 fully saturated rings. The SMILES string of the molecule is CNC(=O)N1N=C(c2ccc(F)c(N3CC4CC3CN4)c2)c2cc(OC)c(OC)cc2CC1C. The van der Waals surface area contributed by atoms with Crippen LogP contribution in [0.15, 0.2) is 35.4 Å². The number of fused-ring (bicyclic) bond motifs is 3. The number of hydrazone groups is 1. The summed E-state index contributed by atoms with van der Waals surface area (Å²) in [7, 11) is 4.77. The molecule has 0 aliphatic carbocycles. The van der Waals surface area contributed by atoms with Crippen LogP contribution in [0, 0.1) is 5.82 Å². The van der Waals surface area contributed by atoms with Crippen molar-refractivity contribution in [2.45, 2.75) is 37.9 Å². The molecule has 2 saturated heterocycles. The third-order valence-electron chi connectivity index (χ3n) is 7.01. The van der Waals surface area contributed by atoms with Gasteiger partial charge in [0, 0.05) is 43.3 Å². The fourth-order valence-corrected chi connectivity index (χ4v) is 5.28. The second kappa shape index (κ2) is 8.79. The number of piperazine rings is 1. The Morgan fingerprint density at radius 1 is 1.21 bits per heavy atom. The minimum absolute atomic E-state index is 0.199. The highest BCUT2D eigenvalue weighted by Gasteiger charge is 2.39. The average molecular weight is 468 g/mol. The second-order valence-electron chi connectivity index (χ2n) is 9.08. The minimum atomic E-state index is -0.304. The Hall–Kier alpha value is -3.33. The van der Waals surface area contributed by atoms with Crippen LogP contribution in [0.4, 0.5) is 14.9 Å². The number of hydrogen-bond donors (Lipinski definition) is 2. The van der Waals surface area contributed by atoms with Crippen molar-refractivity contribution >= 4 is 17.4 Å². The van der Waals surface area contributed by atoms with E-state index >= 15 is 4.39 Å². The van der Waals surface area contributed by atoms with Crippen LogP contribution in [0.2, 0.25) is 0 Å². The van der Waals surface area contributed by atoms with Crippen LogP contribution in [-0.4, -0.2) is 69.2 Å².